The minimum atomic E-state index is -1.69. The molecule has 1 fully saturated rings. The van der Waals surface area contributed by atoms with E-state index in [9.17, 15) is 25.2 Å². The van der Waals surface area contributed by atoms with E-state index in [-0.39, 0.29) is 18.4 Å². The fourth-order valence-corrected chi connectivity index (χ4v) is 3.58. The third-order valence-electron chi connectivity index (χ3n) is 5.57. The van der Waals surface area contributed by atoms with Crippen LogP contribution in [0, 0.1) is 5.92 Å². The SMILES string of the molecule is C=C1C(=O)O[C@@H]2[C@@H]1C[C@H](O)[C@@](O)(CO)CC/C=C(/C)CC/C=C(/C)[C@@H]2O. The van der Waals surface area contributed by atoms with Gasteiger partial charge < -0.3 is 25.2 Å². The molecule has 26 heavy (non-hydrogen) atoms. The molecule has 1 aliphatic heterocycles. The Morgan fingerprint density at radius 1 is 1.27 bits per heavy atom. The standard InChI is InChI=1S/C20H30O6/c1-12-6-4-8-13(2)17(23)18-15(14(3)19(24)26-18)10-16(22)20(25,11-21)9-5-7-12/h7-8,15-18,21-23,25H,3-6,9-11H2,1-2H3/b12-7-,13-8-/t15-,16+,17+,18-,20+/m1/s1. The predicted octanol–water partition coefficient (Wildman–Crippen LogP) is 1.39. The van der Waals surface area contributed by atoms with Crippen molar-refractivity contribution in [3.05, 3.63) is 35.5 Å². The van der Waals surface area contributed by atoms with E-state index in [1.807, 2.05) is 19.1 Å². The molecule has 0 aromatic carbocycles. The zero-order valence-corrected chi connectivity index (χ0v) is 15.5. The second-order valence-electron chi connectivity index (χ2n) is 7.54. The molecule has 2 aliphatic rings. The van der Waals surface area contributed by atoms with E-state index in [2.05, 4.69) is 6.58 Å². The molecule has 0 spiro atoms. The molecule has 0 saturated carbocycles. The van der Waals surface area contributed by atoms with Gasteiger partial charge in [-0.25, -0.2) is 4.79 Å². The molecular formula is C20H30O6. The summed E-state index contributed by atoms with van der Waals surface area (Å²) in [6.45, 7) is 6.90. The van der Waals surface area contributed by atoms with Crippen molar-refractivity contribution in [3.63, 3.8) is 0 Å². The fourth-order valence-electron chi connectivity index (χ4n) is 3.58. The van der Waals surface area contributed by atoms with Crippen molar-refractivity contribution in [1.29, 1.82) is 0 Å². The van der Waals surface area contributed by atoms with Gasteiger partial charge >= 0.3 is 5.97 Å². The third kappa shape index (κ3) is 4.43. The quantitative estimate of drug-likeness (QED) is 0.317. The Kier molecular flexibility index (Phi) is 6.80. The zero-order valence-electron chi connectivity index (χ0n) is 15.5. The van der Waals surface area contributed by atoms with Crippen LogP contribution >= 0.6 is 0 Å². The summed E-state index contributed by atoms with van der Waals surface area (Å²) in [6, 6.07) is 0. The molecule has 0 radical (unpaired) electrons. The lowest BCUT2D eigenvalue weighted by molar-refractivity contribution is -0.144. The predicted molar refractivity (Wildman–Crippen MR) is 97.2 cm³/mol. The highest BCUT2D eigenvalue weighted by atomic mass is 16.6. The Balaban J connectivity index is 2.35. The largest absolute Gasteiger partial charge is 0.455 e. The molecule has 0 amide bonds. The molecule has 0 aromatic heterocycles. The molecule has 0 aromatic rings. The average Bonchev–Trinajstić information content (AvgIpc) is 2.88. The van der Waals surface area contributed by atoms with Gasteiger partial charge in [-0.1, -0.05) is 24.3 Å². The smallest absolute Gasteiger partial charge is 0.334 e. The van der Waals surface area contributed by atoms with Crippen molar-refractivity contribution in [1.82, 2.24) is 0 Å². The highest BCUT2D eigenvalue weighted by Crippen LogP contribution is 2.37. The van der Waals surface area contributed by atoms with Gasteiger partial charge in [-0.2, -0.15) is 0 Å². The van der Waals surface area contributed by atoms with Gasteiger partial charge in [0, 0.05) is 11.5 Å². The number of ether oxygens (including phenoxy) is 1. The summed E-state index contributed by atoms with van der Waals surface area (Å²) >= 11 is 0. The van der Waals surface area contributed by atoms with E-state index in [1.165, 1.54) is 0 Å². The first-order chi connectivity index (χ1) is 12.2. The number of allylic oxidation sites excluding steroid dienone is 3. The number of carbonyl (C=O) groups is 1. The monoisotopic (exact) mass is 366 g/mol. The summed E-state index contributed by atoms with van der Waals surface area (Å²) in [4.78, 5) is 12.0. The topological polar surface area (TPSA) is 107 Å². The molecular weight excluding hydrogens is 336 g/mol. The van der Waals surface area contributed by atoms with Crippen molar-refractivity contribution in [2.45, 2.75) is 69.9 Å². The first-order valence-electron chi connectivity index (χ1n) is 9.11. The maximum absolute atomic E-state index is 12.0. The maximum Gasteiger partial charge on any atom is 0.334 e. The number of hydrogen-bond acceptors (Lipinski definition) is 6. The molecule has 6 heteroatoms. The summed E-state index contributed by atoms with van der Waals surface area (Å²) in [5.41, 5.74) is 0.310. The number of esters is 1. The molecule has 6 nitrogen and oxygen atoms in total. The number of aliphatic hydroxyl groups excluding tert-OH is 3. The van der Waals surface area contributed by atoms with Crippen LogP contribution in [-0.4, -0.2) is 56.9 Å². The second kappa shape index (κ2) is 8.48. The number of rotatable bonds is 1. The summed E-state index contributed by atoms with van der Waals surface area (Å²) < 4.78 is 5.30. The lowest BCUT2D eigenvalue weighted by atomic mass is 9.80. The van der Waals surface area contributed by atoms with Crippen molar-refractivity contribution in [2.24, 2.45) is 5.92 Å². The van der Waals surface area contributed by atoms with Crippen molar-refractivity contribution in [3.8, 4) is 0 Å². The van der Waals surface area contributed by atoms with Gasteiger partial charge in [0.15, 0.2) is 0 Å². The van der Waals surface area contributed by atoms with Crippen LogP contribution in [0.25, 0.3) is 0 Å². The number of hydrogen-bond donors (Lipinski definition) is 4. The Morgan fingerprint density at radius 3 is 2.62 bits per heavy atom. The lowest BCUT2D eigenvalue weighted by Crippen LogP contribution is -2.48. The van der Waals surface area contributed by atoms with E-state index in [4.69, 9.17) is 4.74 Å². The average molecular weight is 366 g/mol. The van der Waals surface area contributed by atoms with Gasteiger partial charge in [0.2, 0.25) is 0 Å². The number of aliphatic hydroxyl groups is 4. The van der Waals surface area contributed by atoms with Crippen LogP contribution in [0.4, 0.5) is 0 Å². The van der Waals surface area contributed by atoms with Crippen LogP contribution in [-0.2, 0) is 9.53 Å². The Labute approximate surface area is 154 Å². The molecule has 1 aliphatic carbocycles. The van der Waals surface area contributed by atoms with Crippen molar-refractivity contribution in [2.75, 3.05) is 6.61 Å². The lowest BCUT2D eigenvalue weighted by Gasteiger charge is -2.34. The van der Waals surface area contributed by atoms with Gasteiger partial charge in [-0.05, 0) is 51.5 Å². The van der Waals surface area contributed by atoms with Gasteiger partial charge in [-0.15, -0.1) is 0 Å². The van der Waals surface area contributed by atoms with Crippen LogP contribution in [0.3, 0.4) is 0 Å². The Bertz CT molecular complexity index is 607. The summed E-state index contributed by atoms with van der Waals surface area (Å²) in [6.07, 6.45) is 3.00. The minimum absolute atomic E-state index is 0.0284. The minimum Gasteiger partial charge on any atom is -0.455 e. The third-order valence-corrected chi connectivity index (χ3v) is 5.57. The molecule has 0 bridgehead atoms. The van der Waals surface area contributed by atoms with Crippen LogP contribution < -0.4 is 0 Å². The first-order valence-corrected chi connectivity index (χ1v) is 9.11. The van der Waals surface area contributed by atoms with Crippen molar-refractivity contribution < 1.29 is 30.0 Å². The molecule has 4 N–H and O–H groups in total. The first kappa shape index (κ1) is 20.8. The van der Waals surface area contributed by atoms with E-state index in [0.29, 0.717) is 12.0 Å². The van der Waals surface area contributed by atoms with Gasteiger partial charge in [-0.3, -0.25) is 0 Å². The summed E-state index contributed by atoms with van der Waals surface area (Å²) in [7, 11) is 0. The molecule has 1 heterocycles. The fraction of sp³-hybridized carbons (Fsp3) is 0.650. The van der Waals surface area contributed by atoms with Crippen LogP contribution in [0.2, 0.25) is 0 Å². The Morgan fingerprint density at radius 2 is 1.96 bits per heavy atom. The molecule has 146 valence electrons. The highest BCUT2D eigenvalue weighted by Gasteiger charge is 2.46. The normalized spacial score (nSPS) is 41.3. The van der Waals surface area contributed by atoms with E-state index in [0.717, 1.165) is 18.4 Å². The summed E-state index contributed by atoms with van der Waals surface area (Å²) in [5, 5.41) is 41.5. The van der Waals surface area contributed by atoms with E-state index >= 15 is 0 Å². The highest BCUT2D eigenvalue weighted by molar-refractivity contribution is 5.90. The molecule has 2 rings (SSSR count). The molecule has 0 unspecified atom stereocenters. The summed E-state index contributed by atoms with van der Waals surface area (Å²) in [5.74, 6) is -1.23. The van der Waals surface area contributed by atoms with Gasteiger partial charge in [0.25, 0.3) is 0 Å². The second-order valence-corrected chi connectivity index (χ2v) is 7.54. The number of fused-ring (bicyclic) bond motifs is 1. The van der Waals surface area contributed by atoms with Crippen LogP contribution in [0.15, 0.2) is 35.5 Å². The van der Waals surface area contributed by atoms with E-state index in [1.54, 1.807) is 6.92 Å². The number of carbonyl (C=O) groups excluding carboxylic acids is 1. The zero-order chi connectivity index (χ0) is 19.5. The Hall–Kier alpha value is -1.47. The van der Waals surface area contributed by atoms with Crippen molar-refractivity contribution >= 4 is 5.97 Å². The van der Waals surface area contributed by atoms with E-state index < -0.39 is 42.4 Å². The maximum atomic E-state index is 12.0. The van der Waals surface area contributed by atoms with Crippen LogP contribution in [0.5, 0.6) is 0 Å². The van der Waals surface area contributed by atoms with Crippen LogP contribution in [0.1, 0.15) is 46.0 Å². The van der Waals surface area contributed by atoms with Gasteiger partial charge in [0.05, 0.1) is 12.7 Å². The van der Waals surface area contributed by atoms with Gasteiger partial charge in [0.1, 0.15) is 17.8 Å². The molecule has 5 atom stereocenters. The molecule has 1 saturated heterocycles.